The predicted octanol–water partition coefficient (Wildman–Crippen LogP) is 4.66. The van der Waals surface area contributed by atoms with E-state index in [0.29, 0.717) is 69.5 Å². The van der Waals surface area contributed by atoms with Crippen molar-refractivity contribution in [2.24, 2.45) is 40.4 Å². The van der Waals surface area contributed by atoms with Crippen LogP contribution in [0.4, 0.5) is 0 Å². The number of aliphatic hydroxyl groups excluding tert-OH is 1. The molecule has 1 N–H and O–H groups in total. The maximum Gasteiger partial charge on any atom is 0.133 e. The lowest BCUT2D eigenvalue weighted by Gasteiger charge is -2.61. The van der Waals surface area contributed by atoms with Crippen LogP contribution in [0.1, 0.15) is 78.6 Å². The molecule has 0 radical (unpaired) electrons. The Kier molecular flexibility index (Phi) is 9.70. The van der Waals surface area contributed by atoms with E-state index in [0.717, 1.165) is 30.1 Å². The summed E-state index contributed by atoms with van der Waals surface area (Å²) in [7, 11) is 0. The van der Waals surface area contributed by atoms with Crippen LogP contribution in [-0.4, -0.2) is 69.8 Å². The fourth-order valence-electron chi connectivity index (χ4n) is 8.92. The Morgan fingerprint density at radius 3 is 2.09 bits per heavy atom. The van der Waals surface area contributed by atoms with Gasteiger partial charge in [-0.05, 0) is 99.2 Å². The quantitative estimate of drug-likeness (QED) is 0.375. The third-order valence-electron chi connectivity index (χ3n) is 10.7. The molecule has 0 aromatic heterocycles. The highest BCUT2D eigenvalue weighted by molar-refractivity contribution is 5.79. The van der Waals surface area contributed by atoms with E-state index in [-0.39, 0.29) is 12.0 Å². The summed E-state index contributed by atoms with van der Waals surface area (Å²) in [6, 6.07) is 0. The van der Waals surface area contributed by atoms with Crippen LogP contribution >= 0.6 is 0 Å². The van der Waals surface area contributed by atoms with Crippen molar-refractivity contribution in [2.45, 2.75) is 84.7 Å². The number of Topliss-reactive ketones (excluding diaryl/α,β-unsaturated/α-hetero) is 1. The average molecular weight is 495 g/mol. The molecule has 35 heavy (non-hydrogen) atoms. The Morgan fingerprint density at radius 1 is 0.771 bits per heavy atom. The van der Waals surface area contributed by atoms with Crippen molar-refractivity contribution in [3.8, 4) is 0 Å². The summed E-state index contributed by atoms with van der Waals surface area (Å²) < 4.78 is 22.5. The summed E-state index contributed by atoms with van der Waals surface area (Å²) in [5.74, 6) is 3.95. The lowest BCUT2D eigenvalue weighted by Crippen LogP contribution is -2.54. The van der Waals surface area contributed by atoms with Crippen LogP contribution in [-0.2, 0) is 23.7 Å². The minimum Gasteiger partial charge on any atom is -0.394 e. The van der Waals surface area contributed by atoms with Gasteiger partial charge in [-0.15, -0.1) is 0 Å². The van der Waals surface area contributed by atoms with Crippen LogP contribution in [0.15, 0.2) is 0 Å². The highest BCUT2D eigenvalue weighted by atomic mass is 16.6. The number of hydrogen-bond donors (Lipinski definition) is 1. The third-order valence-corrected chi connectivity index (χ3v) is 10.7. The predicted molar refractivity (Wildman–Crippen MR) is 135 cm³/mol. The van der Waals surface area contributed by atoms with E-state index in [2.05, 4.69) is 13.8 Å². The largest absolute Gasteiger partial charge is 0.394 e. The summed E-state index contributed by atoms with van der Waals surface area (Å²) in [5.41, 5.74) is 0.711. The molecule has 0 unspecified atom stereocenters. The van der Waals surface area contributed by atoms with Crippen LogP contribution < -0.4 is 0 Å². The topological polar surface area (TPSA) is 74.2 Å². The first-order valence-electron chi connectivity index (χ1n) is 14.4. The zero-order valence-electron chi connectivity index (χ0n) is 22.5. The molecule has 4 aliphatic rings. The van der Waals surface area contributed by atoms with E-state index >= 15 is 0 Å². The Morgan fingerprint density at radius 2 is 1.40 bits per heavy atom. The smallest absolute Gasteiger partial charge is 0.133 e. The van der Waals surface area contributed by atoms with Gasteiger partial charge < -0.3 is 24.1 Å². The van der Waals surface area contributed by atoms with Crippen LogP contribution in [0, 0.1) is 40.4 Å². The molecule has 0 amide bonds. The van der Waals surface area contributed by atoms with Crippen molar-refractivity contribution in [1.82, 2.24) is 0 Å². The zero-order chi connectivity index (χ0) is 24.9. The van der Waals surface area contributed by atoms with E-state index in [1.54, 1.807) is 0 Å². The summed E-state index contributed by atoms with van der Waals surface area (Å²) in [6.07, 6.45) is 11.7. The van der Waals surface area contributed by atoms with Crippen molar-refractivity contribution in [3.05, 3.63) is 0 Å². The molecule has 0 aromatic carbocycles. The number of aliphatic hydroxyl groups is 1. The second-order valence-corrected chi connectivity index (χ2v) is 12.3. The van der Waals surface area contributed by atoms with E-state index < -0.39 is 0 Å². The number of ether oxygens (including phenoxy) is 4. The number of hydrogen-bond acceptors (Lipinski definition) is 6. The molecule has 6 nitrogen and oxygen atoms in total. The second-order valence-electron chi connectivity index (χ2n) is 12.3. The van der Waals surface area contributed by atoms with Crippen molar-refractivity contribution < 1.29 is 28.8 Å². The van der Waals surface area contributed by atoms with E-state index in [1.807, 2.05) is 6.92 Å². The molecular weight excluding hydrogens is 444 g/mol. The molecule has 0 aromatic rings. The molecule has 4 rings (SSSR count). The van der Waals surface area contributed by atoms with Gasteiger partial charge in [0.2, 0.25) is 0 Å². The van der Waals surface area contributed by atoms with Crippen molar-refractivity contribution in [3.63, 3.8) is 0 Å². The van der Waals surface area contributed by atoms with Gasteiger partial charge in [0.25, 0.3) is 0 Å². The Labute approximate surface area is 212 Å². The van der Waals surface area contributed by atoms with Gasteiger partial charge in [0.05, 0.1) is 59.0 Å². The first-order chi connectivity index (χ1) is 16.9. The normalized spacial score (nSPS) is 40.7. The minimum absolute atomic E-state index is 0.0494. The lowest BCUT2D eigenvalue weighted by molar-refractivity contribution is -0.143. The molecule has 4 aliphatic carbocycles. The van der Waals surface area contributed by atoms with Crippen LogP contribution in [0.2, 0.25) is 0 Å². The van der Waals surface area contributed by atoms with Gasteiger partial charge in [-0.25, -0.2) is 0 Å². The summed E-state index contributed by atoms with van der Waals surface area (Å²) in [6.45, 7) is 10.7. The Hall–Kier alpha value is -0.530. The second kappa shape index (κ2) is 12.3. The molecular formula is C29H50O6. The van der Waals surface area contributed by atoms with Gasteiger partial charge in [0.1, 0.15) is 5.78 Å². The summed E-state index contributed by atoms with van der Waals surface area (Å²) >= 11 is 0. The van der Waals surface area contributed by atoms with E-state index in [4.69, 9.17) is 24.1 Å². The van der Waals surface area contributed by atoms with E-state index in [9.17, 15) is 4.79 Å². The van der Waals surface area contributed by atoms with Crippen LogP contribution in [0.5, 0.6) is 0 Å². The number of ketones is 1. The molecule has 4 saturated carbocycles. The van der Waals surface area contributed by atoms with Gasteiger partial charge in [0.15, 0.2) is 0 Å². The minimum atomic E-state index is 0.0494. The Bertz CT molecular complexity index is 684. The molecule has 0 saturated heterocycles. The number of carbonyl (C=O) groups is 1. The standard InChI is InChI=1S/C29H50O6/c1-21(31)25-6-7-26-24-5-4-22-20-23(8-10-28(22,2)27(24)9-11-29(25,26)3)35-19-18-34-17-16-33-15-14-32-13-12-30/h22-27,30H,4-20H2,1-3H3/t22-,23-,24-,25+,26-,27-,28-,29+/m0/s1. The summed E-state index contributed by atoms with van der Waals surface area (Å²) in [4.78, 5) is 12.4. The number of fused-ring (bicyclic) bond motifs is 5. The molecule has 8 atom stereocenters. The average Bonchev–Trinajstić information content (AvgIpc) is 3.20. The molecule has 202 valence electrons. The molecule has 0 spiro atoms. The lowest BCUT2D eigenvalue weighted by atomic mass is 9.44. The molecule has 4 fully saturated rings. The van der Waals surface area contributed by atoms with Crippen LogP contribution in [0.25, 0.3) is 0 Å². The van der Waals surface area contributed by atoms with Gasteiger partial charge >= 0.3 is 0 Å². The first kappa shape index (κ1) is 27.5. The number of rotatable bonds is 13. The highest BCUT2D eigenvalue weighted by Gasteiger charge is 2.60. The molecule has 6 heteroatoms. The first-order valence-corrected chi connectivity index (χ1v) is 14.4. The van der Waals surface area contributed by atoms with Gasteiger partial charge in [0, 0.05) is 5.92 Å². The third kappa shape index (κ3) is 5.98. The zero-order valence-corrected chi connectivity index (χ0v) is 22.5. The SMILES string of the molecule is CC(=O)[C@H]1CC[C@H]2[C@@H]3CC[C@H]4C[C@@H](OCCOCCOCCOCCO)CC[C@]4(C)[C@H]3CC[C@]12C. The number of carbonyl (C=O) groups excluding carboxylic acids is 1. The van der Waals surface area contributed by atoms with Crippen molar-refractivity contribution >= 4 is 5.78 Å². The van der Waals surface area contributed by atoms with E-state index in [1.165, 1.54) is 51.4 Å². The molecule has 0 bridgehead atoms. The summed E-state index contributed by atoms with van der Waals surface area (Å²) in [5, 5.41) is 8.65. The molecule has 0 heterocycles. The fraction of sp³-hybridized carbons (Fsp3) is 0.966. The monoisotopic (exact) mass is 494 g/mol. The van der Waals surface area contributed by atoms with Gasteiger partial charge in [-0.3, -0.25) is 4.79 Å². The van der Waals surface area contributed by atoms with Gasteiger partial charge in [-0.1, -0.05) is 13.8 Å². The van der Waals surface area contributed by atoms with Crippen molar-refractivity contribution in [1.29, 1.82) is 0 Å². The van der Waals surface area contributed by atoms with Crippen LogP contribution in [0.3, 0.4) is 0 Å². The molecule has 0 aliphatic heterocycles. The van der Waals surface area contributed by atoms with Gasteiger partial charge in [-0.2, -0.15) is 0 Å². The maximum atomic E-state index is 12.4. The van der Waals surface area contributed by atoms with Crippen molar-refractivity contribution in [2.75, 3.05) is 52.9 Å². The Balaban J connectivity index is 1.17. The maximum absolute atomic E-state index is 12.4. The highest BCUT2D eigenvalue weighted by Crippen LogP contribution is 2.67. The fourth-order valence-corrected chi connectivity index (χ4v) is 8.92.